The third-order valence-electron chi connectivity index (χ3n) is 3.59. The van der Waals surface area contributed by atoms with Gasteiger partial charge in [-0.25, -0.2) is 0 Å². The number of nitrogens with zero attached hydrogens (tertiary/aromatic N) is 2. The van der Waals surface area contributed by atoms with Crippen LogP contribution in [0, 0.1) is 6.92 Å². The summed E-state index contributed by atoms with van der Waals surface area (Å²) in [6.45, 7) is 3.36. The summed E-state index contributed by atoms with van der Waals surface area (Å²) in [5.74, 6) is 1.65. The second kappa shape index (κ2) is 5.46. The van der Waals surface area contributed by atoms with Crippen molar-refractivity contribution in [2.75, 3.05) is 13.2 Å². The fourth-order valence-electron chi connectivity index (χ4n) is 2.45. The van der Waals surface area contributed by atoms with Crippen molar-refractivity contribution < 1.29 is 9.47 Å². The highest BCUT2D eigenvalue weighted by Gasteiger charge is 2.14. The molecule has 1 aliphatic rings. The van der Waals surface area contributed by atoms with Gasteiger partial charge in [-0.15, -0.1) is 11.3 Å². The Bertz CT molecular complexity index is 809. The molecule has 0 unspecified atom stereocenters. The van der Waals surface area contributed by atoms with Crippen LogP contribution >= 0.6 is 11.3 Å². The minimum absolute atomic E-state index is 0.699. The molecule has 1 N–H and O–H groups in total. The molecule has 0 amide bonds. The Kier molecular flexibility index (Phi) is 3.31. The van der Waals surface area contributed by atoms with E-state index in [1.807, 2.05) is 19.1 Å². The van der Waals surface area contributed by atoms with Crippen molar-refractivity contribution in [3.05, 3.63) is 36.0 Å². The topological polar surface area (TPSA) is 60.0 Å². The van der Waals surface area contributed by atoms with Crippen LogP contribution in [-0.4, -0.2) is 28.6 Å². The molecule has 2 aromatic heterocycles. The number of aromatic amines is 1. The Morgan fingerprint density at radius 2 is 1.82 bits per heavy atom. The summed E-state index contributed by atoms with van der Waals surface area (Å²) < 4.78 is 11.4. The van der Waals surface area contributed by atoms with Gasteiger partial charge < -0.3 is 9.47 Å². The van der Waals surface area contributed by atoms with E-state index in [9.17, 15) is 0 Å². The number of nitrogens with one attached hydrogen (secondary N) is 1. The van der Waals surface area contributed by atoms with E-state index in [1.165, 1.54) is 4.88 Å². The van der Waals surface area contributed by atoms with Crippen molar-refractivity contribution in [1.29, 1.82) is 0 Å². The molecule has 22 heavy (non-hydrogen) atoms. The fraction of sp³-hybridized carbons (Fsp3) is 0.250. The van der Waals surface area contributed by atoms with Crippen molar-refractivity contribution in [3.8, 4) is 32.5 Å². The normalized spacial score (nSPS) is 13.9. The number of thiophene rings is 1. The third kappa shape index (κ3) is 2.35. The van der Waals surface area contributed by atoms with Gasteiger partial charge in [-0.2, -0.15) is 15.4 Å². The van der Waals surface area contributed by atoms with Gasteiger partial charge in [-0.3, -0.25) is 0 Å². The molecule has 0 saturated carbocycles. The molecule has 112 valence electrons. The molecule has 0 atom stereocenters. The molecule has 6 heteroatoms. The lowest BCUT2D eigenvalue weighted by Gasteiger charge is -2.08. The Labute approximate surface area is 131 Å². The van der Waals surface area contributed by atoms with E-state index in [4.69, 9.17) is 9.47 Å². The highest BCUT2D eigenvalue weighted by atomic mass is 32.1. The minimum atomic E-state index is 0.699. The lowest BCUT2D eigenvalue weighted by Crippen LogP contribution is -1.97. The summed E-state index contributed by atoms with van der Waals surface area (Å²) in [6.07, 6.45) is 0.915. The Morgan fingerprint density at radius 3 is 2.64 bits per heavy atom. The predicted octanol–water partition coefficient (Wildman–Crippen LogP) is 3.67. The van der Waals surface area contributed by atoms with Gasteiger partial charge in [0.25, 0.3) is 0 Å². The van der Waals surface area contributed by atoms with Gasteiger partial charge in [0.05, 0.1) is 23.8 Å². The average molecular weight is 313 g/mol. The first-order chi connectivity index (χ1) is 10.8. The van der Waals surface area contributed by atoms with Crippen LogP contribution < -0.4 is 9.47 Å². The molecule has 0 aliphatic carbocycles. The first-order valence-electron chi connectivity index (χ1n) is 7.19. The number of hydrogen-bond acceptors (Lipinski definition) is 5. The number of H-pyrrole nitrogens is 1. The molecule has 0 fully saturated rings. The number of benzene rings is 1. The van der Waals surface area contributed by atoms with Crippen molar-refractivity contribution in [2.24, 2.45) is 0 Å². The van der Waals surface area contributed by atoms with Gasteiger partial charge in [0.2, 0.25) is 0 Å². The SMILES string of the molecule is Cc1n[nH]nc1-c1ccc(-c2ccc3c(c2)OCCCO3)s1. The lowest BCUT2D eigenvalue weighted by atomic mass is 10.1. The van der Waals surface area contributed by atoms with Gasteiger partial charge >= 0.3 is 0 Å². The van der Waals surface area contributed by atoms with Crippen molar-refractivity contribution >= 4 is 11.3 Å². The van der Waals surface area contributed by atoms with Crippen LogP contribution in [-0.2, 0) is 0 Å². The van der Waals surface area contributed by atoms with Crippen LogP contribution in [0.15, 0.2) is 30.3 Å². The molecule has 4 rings (SSSR count). The maximum Gasteiger partial charge on any atom is 0.161 e. The number of rotatable bonds is 2. The Hall–Kier alpha value is -2.34. The van der Waals surface area contributed by atoms with Gasteiger partial charge in [-0.1, -0.05) is 0 Å². The van der Waals surface area contributed by atoms with Crippen LogP contribution in [0.1, 0.15) is 12.1 Å². The van der Waals surface area contributed by atoms with E-state index >= 15 is 0 Å². The molecule has 0 bridgehead atoms. The van der Waals surface area contributed by atoms with Crippen LogP contribution in [0.3, 0.4) is 0 Å². The molecular formula is C16H15N3O2S. The zero-order valence-corrected chi connectivity index (χ0v) is 12.9. The Balaban J connectivity index is 1.69. The number of ether oxygens (including phenoxy) is 2. The second-order valence-corrected chi connectivity index (χ2v) is 6.22. The van der Waals surface area contributed by atoms with E-state index in [0.717, 1.165) is 39.7 Å². The van der Waals surface area contributed by atoms with Crippen molar-refractivity contribution in [2.45, 2.75) is 13.3 Å². The zero-order chi connectivity index (χ0) is 14.9. The smallest absolute Gasteiger partial charge is 0.161 e. The molecule has 5 nitrogen and oxygen atoms in total. The summed E-state index contributed by atoms with van der Waals surface area (Å²) in [6, 6.07) is 10.3. The van der Waals surface area contributed by atoms with Gasteiger partial charge in [0, 0.05) is 11.3 Å². The summed E-state index contributed by atoms with van der Waals surface area (Å²) in [5, 5.41) is 10.9. The minimum Gasteiger partial charge on any atom is -0.490 e. The van der Waals surface area contributed by atoms with Crippen molar-refractivity contribution in [1.82, 2.24) is 15.4 Å². The Morgan fingerprint density at radius 1 is 1.00 bits per heavy atom. The van der Waals surface area contributed by atoms with Crippen LogP contribution in [0.5, 0.6) is 11.5 Å². The molecule has 3 heterocycles. The first kappa shape index (κ1) is 13.3. The summed E-state index contributed by atoms with van der Waals surface area (Å²) in [4.78, 5) is 2.28. The zero-order valence-electron chi connectivity index (χ0n) is 12.1. The lowest BCUT2D eigenvalue weighted by molar-refractivity contribution is 0.297. The molecule has 3 aromatic rings. The number of aryl methyl sites for hydroxylation is 1. The van der Waals surface area contributed by atoms with Crippen LogP contribution in [0.2, 0.25) is 0 Å². The maximum atomic E-state index is 5.76. The fourth-order valence-corrected chi connectivity index (χ4v) is 3.50. The highest BCUT2D eigenvalue weighted by Crippen LogP contribution is 2.38. The predicted molar refractivity (Wildman–Crippen MR) is 85.5 cm³/mol. The summed E-state index contributed by atoms with van der Waals surface area (Å²) in [5.41, 5.74) is 2.94. The molecular weight excluding hydrogens is 298 g/mol. The molecule has 0 radical (unpaired) electrons. The highest BCUT2D eigenvalue weighted by molar-refractivity contribution is 7.18. The molecule has 1 aromatic carbocycles. The van der Waals surface area contributed by atoms with E-state index in [-0.39, 0.29) is 0 Å². The molecule has 0 saturated heterocycles. The van der Waals surface area contributed by atoms with Crippen molar-refractivity contribution in [3.63, 3.8) is 0 Å². The van der Waals surface area contributed by atoms with Crippen LogP contribution in [0.4, 0.5) is 0 Å². The van der Waals surface area contributed by atoms with Gasteiger partial charge in [-0.05, 0) is 42.8 Å². The summed E-state index contributed by atoms with van der Waals surface area (Å²) in [7, 11) is 0. The number of hydrogen-bond donors (Lipinski definition) is 1. The molecule has 0 spiro atoms. The number of aromatic nitrogens is 3. The van der Waals surface area contributed by atoms with E-state index in [0.29, 0.717) is 13.2 Å². The standard InChI is InChI=1S/C16H15N3O2S/c1-10-16(18-19-17-10)15-6-5-14(22-15)11-3-4-12-13(9-11)21-8-2-7-20-12/h3-6,9H,2,7-8H2,1H3,(H,17,18,19). The third-order valence-corrected chi connectivity index (χ3v) is 4.73. The maximum absolute atomic E-state index is 5.76. The van der Waals surface area contributed by atoms with E-state index in [2.05, 4.69) is 33.6 Å². The monoisotopic (exact) mass is 313 g/mol. The first-order valence-corrected chi connectivity index (χ1v) is 8.00. The average Bonchev–Trinajstić information content (AvgIpc) is 3.10. The van der Waals surface area contributed by atoms with E-state index < -0.39 is 0 Å². The quantitative estimate of drug-likeness (QED) is 0.784. The molecule has 1 aliphatic heterocycles. The van der Waals surface area contributed by atoms with Crippen LogP contribution in [0.25, 0.3) is 21.0 Å². The second-order valence-electron chi connectivity index (χ2n) is 5.13. The van der Waals surface area contributed by atoms with Gasteiger partial charge in [0.15, 0.2) is 11.5 Å². The largest absolute Gasteiger partial charge is 0.490 e. The number of fused-ring (bicyclic) bond motifs is 1. The van der Waals surface area contributed by atoms with Gasteiger partial charge in [0.1, 0.15) is 5.69 Å². The van der Waals surface area contributed by atoms with E-state index in [1.54, 1.807) is 11.3 Å². The summed E-state index contributed by atoms with van der Waals surface area (Å²) >= 11 is 1.69.